The molecule has 4 nitrogen and oxygen atoms in total. The summed E-state index contributed by atoms with van der Waals surface area (Å²) in [7, 11) is 1.21. The summed E-state index contributed by atoms with van der Waals surface area (Å²) in [5, 5.41) is 0. The van der Waals surface area contributed by atoms with Gasteiger partial charge in [0.15, 0.2) is 6.61 Å². The Morgan fingerprint density at radius 3 is 2.73 bits per heavy atom. The molecule has 0 aliphatic heterocycles. The van der Waals surface area contributed by atoms with Crippen molar-refractivity contribution >= 4 is 11.9 Å². The second-order valence-corrected chi connectivity index (χ2v) is 1.53. The number of hydrogen-bond acceptors (Lipinski definition) is 4. The lowest BCUT2D eigenvalue weighted by atomic mass is 10.6. The van der Waals surface area contributed by atoms with Crippen molar-refractivity contribution in [3.05, 3.63) is 18.4 Å². The Morgan fingerprint density at radius 1 is 1.64 bits per heavy atom. The van der Waals surface area contributed by atoms with Gasteiger partial charge in [-0.15, -0.1) is 5.73 Å². The predicted molar refractivity (Wildman–Crippen MR) is 36.7 cm³/mol. The summed E-state index contributed by atoms with van der Waals surface area (Å²) >= 11 is 0. The van der Waals surface area contributed by atoms with Crippen LogP contribution in [0.5, 0.6) is 0 Å². The van der Waals surface area contributed by atoms with Crippen molar-refractivity contribution in [2.75, 3.05) is 13.7 Å². The fourth-order valence-electron chi connectivity index (χ4n) is 0.314. The standard InChI is InChI=1S/C7H8O4/c1-3-4-6(8)11-5-7(9)10-2/h4H,1,5H2,2H3. The summed E-state index contributed by atoms with van der Waals surface area (Å²) in [6.45, 7) is 2.77. The van der Waals surface area contributed by atoms with E-state index >= 15 is 0 Å². The van der Waals surface area contributed by atoms with Gasteiger partial charge in [0.2, 0.25) is 0 Å². The van der Waals surface area contributed by atoms with Crippen molar-refractivity contribution in [2.24, 2.45) is 0 Å². The van der Waals surface area contributed by atoms with Crippen molar-refractivity contribution in [3.63, 3.8) is 0 Å². The van der Waals surface area contributed by atoms with E-state index in [4.69, 9.17) is 0 Å². The number of carbonyl (C=O) groups excluding carboxylic acids is 2. The average molecular weight is 156 g/mol. The summed E-state index contributed by atoms with van der Waals surface area (Å²) in [6, 6.07) is 0. The molecule has 0 aromatic rings. The molecule has 60 valence electrons. The van der Waals surface area contributed by atoms with Gasteiger partial charge in [0.25, 0.3) is 0 Å². The maximum Gasteiger partial charge on any atom is 0.344 e. The summed E-state index contributed by atoms with van der Waals surface area (Å²) < 4.78 is 8.58. The van der Waals surface area contributed by atoms with Crippen LogP contribution in [0.1, 0.15) is 0 Å². The highest BCUT2D eigenvalue weighted by Gasteiger charge is 2.02. The van der Waals surface area contributed by atoms with E-state index in [-0.39, 0.29) is 6.61 Å². The molecule has 0 N–H and O–H groups in total. The quantitative estimate of drug-likeness (QED) is 0.329. The maximum atomic E-state index is 10.5. The smallest absolute Gasteiger partial charge is 0.344 e. The van der Waals surface area contributed by atoms with Crippen molar-refractivity contribution in [1.29, 1.82) is 0 Å². The third kappa shape index (κ3) is 4.93. The largest absolute Gasteiger partial charge is 0.466 e. The van der Waals surface area contributed by atoms with E-state index in [2.05, 4.69) is 21.8 Å². The Labute approximate surface area is 64.1 Å². The number of ether oxygens (including phenoxy) is 2. The highest BCUT2D eigenvalue weighted by Crippen LogP contribution is 1.81. The Balaban J connectivity index is 3.62. The van der Waals surface area contributed by atoms with Crippen LogP contribution in [0.3, 0.4) is 0 Å². The van der Waals surface area contributed by atoms with Crippen LogP contribution in [0.25, 0.3) is 0 Å². The second kappa shape index (κ2) is 5.26. The molecule has 0 fully saturated rings. The van der Waals surface area contributed by atoms with Gasteiger partial charge in [-0.25, -0.2) is 9.59 Å². The molecule has 4 heteroatoms. The van der Waals surface area contributed by atoms with Crippen molar-refractivity contribution in [1.82, 2.24) is 0 Å². The van der Waals surface area contributed by atoms with Crippen molar-refractivity contribution in [3.8, 4) is 0 Å². The first kappa shape index (κ1) is 9.46. The minimum atomic E-state index is -0.662. The Hall–Kier alpha value is -1.54. The van der Waals surface area contributed by atoms with Gasteiger partial charge in [0.05, 0.1) is 13.2 Å². The number of esters is 2. The van der Waals surface area contributed by atoms with E-state index in [9.17, 15) is 9.59 Å². The molecule has 0 aliphatic rings. The first-order valence-corrected chi connectivity index (χ1v) is 2.80. The Morgan fingerprint density at radius 2 is 2.27 bits per heavy atom. The molecule has 0 bridgehead atoms. The maximum absolute atomic E-state index is 10.5. The lowest BCUT2D eigenvalue weighted by molar-refractivity contribution is -0.154. The fraction of sp³-hybridized carbons (Fsp3) is 0.286. The lowest BCUT2D eigenvalue weighted by Crippen LogP contribution is -2.13. The molecule has 0 aliphatic carbocycles. The van der Waals surface area contributed by atoms with Crippen LogP contribution >= 0.6 is 0 Å². The van der Waals surface area contributed by atoms with Crippen molar-refractivity contribution in [2.45, 2.75) is 0 Å². The van der Waals surface area contributed by atoms with E-state index in [0.717, 1.165) is 6.08 Å². The van der Waals surface area contributed by atoms with E-state index < -0.39 is 11.9 Å². The molecule has 0 rings (SSSR count). The topological polar surface area (TPSA) is 52.6 Å². The molecule has 0 amide bonds. The molecule has 0 aromatic heterocycles. The number of methoxy groups -OCH3 is 1. The Bertz CT molecular complexity index is 200. The summed E-state index contributed by atoms with van der Waals surface area (Å²) in [5.74, 6) is -1.26. The molecular formula is C7H8O4. The number of carbonyl (C=O) groups is 2. The molecule has 0 saturated carbocycles. The zero-order chi connectivity index (χ0) is 8.69. The van der Waals surface area contributed by atoms with Gasteiger partial charge >= 0.3 is 11.9 Å². The van der Waals surface area contributed by atoms with Gasteiger partial charge < -0.3 is 9.47 Å². The van der Waals surface area contributed by atoms with Gasteiger partial charge in [0.1, 0.15) is 0 Å². The SMILES string of the molecule is C=C=CC(=O)OCC(=O)OC. The van der Waals surface area contributed by atoms with Crippen LogP contribution in [0.15, 0.2) is 18.4 Å². The van der Waals surface area contributed by atoms with Crippen LogP contribution in [-0.4, -0.2) is 25.7 Å². The van der Waals surface area contributed by atoms with Crippen LogP contribution in [-0.2, 0) is 19.1 Å². The van der Waals surface area contributed by atoms with E-state index in [1.165, 1.54) is 7.11 Å². The normalized spacial score (nSPS) is 7.73. The van der Waals surface area contributed by atoms with Crippen molar-refractivity contribution < 1.29 is 19.1 Å². The summed E-state index contributed by atoms with van der Waals surface area (Å²) in [4.78, 5) is 20.8. The molecule has 0 aromatic carbocycles. The average Bonchev–Trinajstić information content (AvgIpc) is 2.01. The van der Waals surface area contributed by atoms with Gasteiger partial charge in [-0.3, -0.25) is 0 Å². The van der Waals surface area contributed by atoms with E-state index in [0.29, 0.717) is 0 Å². The van der Waals surface area contributed by atoms with Crippen LogP contribution in [0.2, 0.25) is 0 Å². The van der Waals surface area contributed by atoms with Crippen LogP contribution in [0.4, 0.5) is 0 Å². The van der Waals surface area contributed by atoms with Crippen LogP contribution in [0, 0.1) is 0 Å². The minimum absolute atomic E-state index is 0.381. The summed E-state index contributed by atoms with van der Waals surface area (Å²) in [6.07, 6.45) is 0.989. The number of hydrogen-bond donors (Lipinski definition) is 0. The van der Waals surface area contributed by atoms with Gasteiger partial charge in [0, 0.05) is 0 Å². The molecule has 0 atom stereocenters. The lowest BCUT2D eigenvalue weighted by Gasteiger charge is -1.97. The molecule has 0 saturated heterocycles. The monoisotopic (exact) mass is 156 g/mol. The number of rotatable bonds is 3. The predicted octanol–water partition coefficient (Wildman–Crippen LogP) is 0.0437. The van der Waals surface area contributed by atoms with E-state index in [1.807, 2.05) is 0 Å². The van der Waals surface area contributed by atoms with E-state index in [1.54, 1.807) is 0 Å². The zero-order valence-corrected chi connectivity index (χ0v) is 6.12. The first-order chi connectivity index (χ1) is 5.20. The highest BCUT2D eigenvalue weighted by atomic mass is 16.6. The molecular weight excluding hydrogens is 148 g/mol. The van der Waals surface area contributed by atoms with Gasteiger partial charge in [-0.2, -0.15) is 0 Å². The third-order valence-electron chi connectivity index (χ3n) is 0.780. The second-order valence-electron chi connectivity index (χ2n) is 1.53. The molecule has 0 heterocycles. The van der Waals surface area contributed by atoms with Gasteiger partial charge in [-0.05, 0) is 0 Å². The first-order valence-electron chi connectivity index (χ1n) is 2.80. The zero-order valence-electron chi connectivity index (χ0n) is 6.12. The van der Waals surface area contributed by atoms with Crippen LogP contribution < -0.4 is 0 Å². The molecule has 11 heavy (non-hydrogen) atoms. The Kier molecular flexibility index (Phi) is 4.52. The molecule has 0 spiro atoms. The highest BCUT2D eigenvalue weighted by molar-refractivity contribution is 5.83. The molecule has 0 unspecified atom stereocenters. The minimum Gasteiger partial charge on any atom is -0.466 e. The summed E-state index contributed by atoms with van der Waals surface area (Å²) in [5.41, 5.74) is 2.21. The third-order valence-corrected chi connectivity index (χ3v) is 0.780. The fourth-order valence-corrected chi connectivity index (χ4v) is 0.314. The molecule has 0 radical (unpaired) electrons. The van der Waals surface area contributed by atoms with Gasteiger partial charge in [-0.1, -0.05) is 6.58 Å².